The Labute approximate surface area is 151 Å². The number of halogens is 4. The molecular formula is C16H12ClF3N6. The molecule has 0 aliphatic heterocycles. The van der Waals surface area contributed by atoms with E-state index in [0.29, 0.717) is 5.69 Å². The summed E-state index contributed by atoms with van der Waals surface area (Å²) in [4.78, 5) is 11.9. The van der Waals surface area contributed by atoms with Gasteiger partial charge in [-0.1, -0.05) is 17.7 Å². The first-order valence-corrected chi connectivity index (χ1v) is 7.64. The maximum Gasteiger partial charge on any atom is 0.416 e. The van der Waals surface area contributed by atoms with Gasteiger partial charge in [0.05, 0.1) is 11.3 Å². The normalized spacial score (nSPS) is 11.2. The van der Waals surface area contributed by atoms with Crippen molar-refractivity contribution >= 4 is 40.3 Å². The maximum atomic E-state index is 12.8. The Morgan fingerprint density at radius 1 is 0.962 bits per heavy atom. The molecule has 0 unspecified atom stereocenters. The van der Waals surface area contributed by atoms with E-state index in [0.717, 1.165) is 12.1 Å². The van der Waals surface area contributed by atoms with E-state index in [1.54, 1.807) is 12.1 Å². The second-order valence-corrected chi connectivity index (χ2v) is 5.51. The van der Waals surface area contributed by atoms with Crippen LogP contribution in [0.1, 0.15) is 5.56 Å². The summed E-state index contributed by atoms with van der Waals surface area (Å²) in [6.45, 7) is 0. The summed E-state index contributed by atoms with van der Waals surface area (Å²) < 4.78 is 38.5. The first kappa shape index (κ1) is 17.7. The number of nitrogens with two attached hydrogens (primary N) is 1. The van der Waals surface area contributed by atoms with Gasteiger partial charge in [-0.3, -0.25) is 0 Å². The van der Waals surface area contributed by atoms with Crippen LogP contribution < -0.4 is 16.4 Å². The van der Waals surface area contributed by atoms with Crippen LogP contribution in [0, 0.1) is 0 Å². The fourth-order valence-electron chi connectivity index (χ4n) is 2.11. The molecule has 2 aromatic heterocycles. The lowest BCUT2D eigenvalue weighted by atomic mass is 10.2. The molecule has 134 valence electrons. The smallest absolute Gasteiger partial charge is 0.393 e. The van der Waals surface area contributed by atoms with E-state index in [9.17, 15) is 13.2 Å². The van der Waals surface area contributed by atoms with Gasteiger partial charge in [0, 0.05) is 11.9 Å². The van der Waals surface area contributed by atoms with Crippen LogP contribution in [0.4, 0.5) is 41.9 Å². The Hall–Kier alpha value is -3.07. The molecular weight excluding hydrogens is 369 g/mol. The molecule has 0 bridgehead atoms. The van der Waals surface area contributed by atoms with Crippen molar-refractivity contribution in [2.75, 3.05) is 16.4 Å². The Kier molecular flexibility index (Phi) is 4.81. The molecule has 0 radical (unpaired) electrons. The van der Waals surface area contributed by atoms with E-state index in [1.807, 2.05) is 0 Å². The molecule has 0 fully saturated rings. The molecule has 6 nitrogen and oxygen atoms in total. The van der Waals surface area contributed by atoms with Gasteiger partial charge in [0.15, 0.2) is 16.8 Å². The van der Waals surface area contributed by atoms with Crippen LogP contribution in [-0.2, 0) is 6.18 Å². The van der Waals surface area contributed by atoms with Crippen LogP contribution in [0.3, 0.4) is 0 Å². The standard InChI is InChI=1S/C16H12ClF3N6/c17-13-11(5-2-6-22-13)26-15-12(21)14(23-8-24-15)25-10-4-1-3-9(7-10)16(18,19)20/h1-8H,21H2,(H2,23,24,25,26). The number of pyridine rings is 1. The van der Waals surface area contributed by atoms with Crippen LogP contribution in [0.5, 0.6) is 0 Å². The number of nitrogens with zero attached hydrogens (tertiary/aromatic N) is 3. The second-order valence-electron chi connectivity index (χ2n) is 5.15. The van der Waals surface area contributed by atoms with Crippen LogP contribution in [0.2, 0.25) is 5.15 Å². The quantitative estimate of drug-likeness (QED) is 0.573. The highest BCUT2D eigenvalue weighted by Crippen LogP contribution is 2.33. The van der Waals surface area contributed by atoms with E-state index in [4.69, 9.17) is 17.3 Å². The lowest BCUT2D eigenvalue weighted by Gasteiger charge is -2.14. The lowest BCUT2D eigenvalue weighted by Crippen LogP contribution is -2.07. The summed E-state index contributed by atoms with van der Waals surface area (Å²) in [5, 5.41) is 5.89. The van der Waals surface area contributed by atoms with Gasteiger partial charge >= 0.3 is 6.18 Å². The molecule has 0 amide bonds. The number of rotatable bonds is 4. The highest BCUT2D eigenvalue weighted by Gasteiger charge is 2.30. The molecule has 26 heavy (non-hydrogen) atoms. The highest BCUT2D eigenvalue weighted by atomic mass is 35.5. The summed E-state index contributed by atoms with van der Waals surface area (Å²) in [5.41, 5.74) is 6.02. The van der Waals surface area contributed by atoms with Crippen molar-refractivity contribution in [2.24, 2.45) is 0 Å². The van der Waals surface area contributed by atoms with Gasteiger partial charge in [0.2, 0.25) is 0 Å². The van der Waals surface area contributed by atoms with E-state index in [-0.39, 0.29) is 28.2 Å². The molecule has 0 saturated carbocycles. The van der Waals surface area contributed by atoms with Crippen molar-refractivity contribution < 1.29 is 13.2 Å². The highest BCUT2D eigenvalue weighted by molar-refractivity contribution is 6.32. The van der Waals surface area contributed by atoms with Crippen LogP contribution >= 0.6 is 11.6 Å². The minimum absolute atomic E-state index is 0.116. The molecule has 1 aromatic carbocycles. The van der Waals surface area contributed by atoms with Crippen LogP contribution in [-0.4, -0.2) is 15.0 Å². The third kappa shape index (κ3) is 3.94. The third-order valence-corrected chi connectivity index (χ3v) is 3.65. The lowest BCUT2D eigenvalue weighted by molar-refractivity contribution is -0.137. The molecule has 4 N–H and O–H groups in total. The maximum absolute atomic E-state index is 12.8. The largest absolute Gasteiger partial charge is 0.416 e. The minimum atomic E-state index is -4.45. The first-order chi connectivity index (χ1) is 12.3. The number of nitrogen functional groups attached to an aromatic ring is 1. The average Bonchev–Trinajstić information content (AvgIpc) is 2.60. The van der Waals surface area contributed by atoms with E-state index < -0.39 is 11.7 Å². The number of hydrogen-bond acceptors (Lipinski definition) is 6. The molecule has 3 aromatic rings. The van der Waals surface area contributed by atoms with Crippen molar-refractivity contribution in [2.45, 2.75) is 6.18 Å². The number of benzene rings is 1. The van der Waals surface area contributed by atoms with Gasteiger partial charge in [-0.25, -0.2) is 15.0 Å². The summed E-state index contributed by atoms with van der Waals surface area (Å²) in [6, 6.07) is 8.06. The van der Waals surface area contributed by atoms with E-state index in [1.165, 1.54) is 24.7 Å². The predicted octanol–water partition coefficient (Wildman–Crippen LogP) is 4.61. The molecule has 10 heteroatoms. The van der Waals surface area contributed by atoms with Crippen LogP contribution in [0.25, 0.3) is 0 Å². The Bertz CT molecular complexity index is 932. The summed E-state index contributed by atoms with van der Waals surface area (Å²) in [6.07, 6.45) is -1.70. The van der Waals surface area contributed by atoms with Crippen molar-refractivity contribution in [3.8, 4) is 0 Å². The summed E-state index contributed by atoms with van der Waals surface area (Å²) in [7, 11) is 0. The molecule has 3 rings (SSSR count). The van der Waals surface area contributed by atoms with Crippen molar-refractivity contribution in [3.05, 3.63) is 59.6 Å². The number of alkyl halides is 3. The number of nitrogens with one attached hydrogen (secondary N) is 2. The van der Waals surface area contributed by atoms with Gasteiger partial charge in [0.25, 0.3) is 0 Å². The van der Waals surface area contributed by atoms with Crippen molar-refractivity contribution in [3.63, 3.8) is 0 Å². The SMILES string of the molecule is Nc1c(Nc2cccc(C(F)(F)F)c2)ncnc1Nc1cccnc1Cl. The summed E-state index contributed by atoms with van der Waals surface area (Å²) >= 11 is 5.98. The zero-order chi connectivity index (χ0) is 18.7. The number of hydrogen-bond donors (Lipinski definition) is 3. The van der Waals surface area contributed by atoms with Gasteiger partial charge in [-0.05, 0) is 30.3 Å². The predicted molar refractivity (Wildman–Crippen MR) is 93.7 cm³/mol. The molecule has 0 spiro atoms. The fourth-order valence-corrected chi connectivity index (χ4v) is 2.28. The van der Waals surface area contributed by atoms with Crippen molar-refractivity contribution in [1.29, 1.82) is 0 Å². The monoisotopic (exact) mass is 380 g/mol. The third-order valence-electron chi connectivity index (χ3n) is 3.35. The topological polar surface area (TPSA) is 88.8 Å². The van der Waals surface area contributed by atoms with Gasteiger partial charge in [-0.15, -0.1) is 0 Å². The fraction of sp³-hybridized carbons (Fsp3) is 0.0625. The Morgan fingerprint density at radius 3 is 2.38 bits per heavy atom. The molecule has 0 aliphatic rings. The second kappa shape index (κ2) is 7.04. The Balaban J connectivity index is 1.87. The zero-order valence-electron chi connectivity index (χ0n) is 13.0. The minimum Gasteiger partial charge on any atom is -0.393 e. The zero-order valence-corrected chi connectivity index (χ0v) is 13.8. The van der Waals surface area contributed by atoms with Crippen LogP contribution in [0.15, 0.2) is 48.9 Å². The molecule has 0 atom stereocenters. The van der Waals surface area contributed by atoms with Gasteiger partial charge < -0.3 is 16.4 Å². The molecule has 0 saturated heterocycles. The number of anilines is 5. The summed E-state index contributed by atoms with van der Waals surface area (Å²) in [5.74, 6) is 0.395. The van der Waals surface area contributed by atoms with Gasteiger partial charge in [-0.2, -0.15) is 13.2 Å². The first-order valence-electron chi connectivity index (χ1n) is 7.27. The van der Waals surface area contributed by atoms with Gasteiger partial charge in [0.1, 0.15) is 12.0 Å². The molecule has 0 aliphatic carbocycles. The molecule has 2 heterocycles. The van der Waals surface area contributed by atoms with E-state index in [2.05, 4.69) is 25.6 Å². The van der Waals surface area contributed by atoms with E-state index >= 15 is 0 Å². The average molecular weight is 381 g/mol. The number of aromatic nitrogens is 3. The van der Waals surface area contributed by atoms with Crippen molar-refractivity contribution in [1.82, 2.24) is 15.0 Å². The Morgan fingerprint density at radius 2 is 1.69 bits per heavy atom.